The Balaban J connectivity index is 1.43. The maximum absolute atomic E-state index is 16.0. The highest BCUT2D eigenvalue weighted by atomic mass is 19.1. The van der Waals surface area contributed by atoms with Gasteiger partial charge < -0.3 is 14.6 Å². The molecule has 188 valence electrons. The normalized spacial score (nSPS) is 13.4. The molecule has 1 N–H and O–H groups in total. The lowest BCUT2D eigenvalue weighted by Gasteiger charge is -2.14. The van der Waals surface area contributed by atoms with Crippen LogP contribution in [0.5, 0.6) is 5.75 Å². The number of fused-ring (bicyclic) bond motifs is 1. The highest BCUT2D eigenvalue weighted by Gasteiger charge is 2.21. The van der Waals surface area contributed by atoms with Crippen LogP contribution in [0.15, 0.2) is 66.7 Å². The lowest BCUT2D eigenvalue weighted by Crippen LogP contribution is -2.19. The number of rotatable bonds is 12. The van der Waals surface area contributed by atoms with Crippen molar-refractivity contribution >= 4 is 10.9 Å². The molecular formula is C32H37FN2O. The number of benzene rings is 3. The zero-order valence-electron chi connectivity index (χ0n) is 21.5. The number of nitrogens with zero attached hydrogens (tertiary/aromatic N) is 1. The highest BCUT2D eigenvalue weighted by molar-refractivity contribution is 5.89. The lowest BCUT2D eigenvalue weighted by atomic mass is 10.0. The Kier molecular flexibility index (Phi) is 7.72. The van der Waals surface area contributed by atoms with Crippen molar-refractivity contribution in [3.8, 4) is 17.0 Å². The molecule has 1 heterocycles. The van der Waals surface area contributed by atoms with Gasteiger partial charge in [-0.25, -0.2) is 4.39 Å². The second-order valence-corrected chi connectivity index (χ2v) is 10.2. The fourth-order valence-electron chi connectivity index (χ4n) is 4.84. The zero-order valence-corrected chi connectivity index (χ0v) is 21.5. The fourth-order valence-corrected chi connectivity index (χ4v) is 4.84. The molecule has 0 radical (unpaired) electrons. The van der Waals surface area contributed by atoms with Gasteiger partial charge in [0, 0.05) is 17.5 Å². The molecule has 4 aromatic rings. The largest absolute Gasteiger partial charge is 0.494 e. The van der Waals surface area contributed by atoms with Gasteiger partial charge in [0.15, 0.2) is 5.82 Å². The molecule has 0 aliphatic heterocycles. The third-order valence-electron chi connectivity index (χ3n) is 7.22. The number of hydrogen-bond donors (Lipinski definition) is 1. The van der Waals surface area contributed by atoms with Crippen molar-refractivity contribution in [3.05, 3.63) is 89.2 Å². The van der Waals surface area contributed by atoms with E-state index in [9.17, 15) is 0 Å². The minimum Gasteiger partial charge on any atom is -0.494 e. The summed E-state index contributed by atoms with van der Waals surface area (Å²) in [6.07, 6.45) is 5.86. The Morgan fingerprint density at radius 3 is 2.53 bits per heavy atom. The van der Waals surface area contributed by atoms with Crippen LogP contribution in [0.25, 0.3) is 22.2 Å². The van der Waals surface area contributed by atoms with Gasteiger partial charge in [0.25, 0.3) is 0 Å². The van der Waals surface area contributed by atoms with Crippen LogP contribution in [0.2, 0.25) is 0 Å². The summed E-state index contributed by atoms with van der Waals surface area (Å²) in [6.45, 7) is 7.61. The monoisotopic (exact) mass is 484 g/mol. The molecule has 0 saturated heterocycles. The standard InChI is InChI=1S/C32H37FN2O/c1-3-4-19-36-27-15-16-30-29(20-27)31(33)32(28-8-6-5-7-23(28)2)35(30)22-26-13-9-24(10-14-26)17-18-34-21-25-11-12-25/h5-10,13-16,20,25,34H,3-4,11-12,17-19,21-22H2,1-2H3. The van der Waals surface area contributed by atoms with Gasteiger partial charge in [-0.05, 0) is 86.5 Å². The average Bonchev–Trinajstić information content (AvgIpc) is 3.68. The summed E-state index contributed by atoms with van der Waals surface area (Å²) in [7, 11) is 0. The molecule has 0 spiro atoms. The van der Waals surface area contributed by atoms with Crippen molar-refractivity contribution in [1.29, 1.82) is 0 Å². The van der Waals surface area contributed by atoms with Gasteiger partial charge in [0.05, 0.1) is 17.8 Å². The van der Waals surface area contributed by atoms with Crippen LogP contribution in [0, 0.1) is 18.7 Å². The number of nitrogens with one attached hydrogen (secondary N) is 1. The number of ether oxygens (including phenoxy) is 1. The molecule has 1 fully saturated rings. The van der Waals surface area contributed by atoms with Crippen molar-refractivity contribution < 1.29 is 9.13 Å². The Morgan fingerprint density at radius 2 is 1.78 bits per heavy atom. The molecule has 3 aromatic carbocycles. The molecule has 0 atom stereocenters. The topological polar surface area (TPSA) is 26.2 Å². The van der Waals surface area contributed by atoms with Gasteiger partial charge in [-0.1, -0.05) is 61.9 Å². The minimum absolute atomic E-state index is 0.182. The van der Waals surface area contributed by atoms with Crippen LogP contribution in [-0.2, 0) is 13.0 Å². The summed E-state index contributed by atoms with van der Waals surface area (Å²) in [5.74, 6) is 1.45. The summed E-state index contributed by atoms with van der Waals surface area (Å²) in [4.78, 5) is 0. The van der Waals surface area contributed by atoms with E-state index in [1.165, 1.54) is 24.0 Å². The van der Waals surface area contributed by atoms with Crippen LogP contribution in [0.4, 0.5) is 4.39 Å². The van der Waals surface area contributed by atoms with Gasteiger partial charge in [-0.15, -0.1) is 0 Å². The van der Waals surface area contributed by atoms with E-state index in [0.717, 1.165) is 60.7 Å². The second kappa shape index (κ2) is 11.3. The van der Waals surface area contributed by atoms with E-state index < -0.39 is 0 Å². The van der Waals surface area contributed by atoms with E-state index >= 15 is 4.39 Å². The molecule has 0 bridgehead atoms. The molecule has 3 nitrogen and oxygen atoms in total. The van der Waals surface area contributed by atoms with E-state index in [4.69, 9.17) is 4.74 Å². The van der Waals surface area contributed by atoms with Gasteiger partial charge >= 0.3 is 0 Å². The molecule has 1 aliphatic rings. The molecular weight excluding hydrogens is 447 g/mol. The number of hydrogen-bond acceptors (Lipinski definition) is 2. The zero-order chi connectivity index (χ0) is 24.9. The van der Waals surface area contributed by atoms with Gasteiger partial charge in [-0.3, -0.25) is 0 Å². The second-order valence-electron chi connectivity index (χ2n) is 10.2. The van der Waals surface area contributed by atoms with Crippen LogP contribution in [0.1, 0.15) is 49.3 Å². The van der Waals surface area contributed by atoms with Crippen LogP contribution >= 0.6 is 0 Å². The maximum atomic E-state index is 16.0. The van der Waals surface area contributed by atoms with Crippen LogP contribution < -0.4 is 10.1 Å². The number of unbranched alkanes of at least 4 members (excludes halogenated alkanes) is 1. The third-order valence-corrected chi connectivity index (χ3v) is 7.22. The summed E-state index contributed by atoms with van der Waals surface area (Å²) in [6, 6.07) is 22.7. The lowest BCUT2D eigenvalue weighted by molar-refractivity contribution is 0.309. The average molecular weight is 485 g/mol. The number of halogens is 1. The quantitative estimate of drug-likeness (QED) is 0.210. The minimum atomic E-state index is -0.182. The molecule has 1 saturated carbocycles. The molecule has 1 aliphatic carbocycles. The summed E-state index contributed by atoms with van der Waals surface area (Å²) >= 11 is 0. The highest BCUT2D eigenvalue weighted by Crippen LogP contribution is 2.36. The van der Waals surface area contributed by atoms with Crippen molar-refractivity contribution in [3.63, 3.8) is 0 Å². The molecule has 36 heavy (non-hydrogen) atoms. The van der Waals surface area contributed by atoms with E-state index in [2.05, 4.69) is 41.1 Å². The van der Waals surface area contributed by atoms with E-state index in [0.29, 0.717) is 24.2 Å². The van der Waals surface area contributed by atoms with Crippen molar-refractivity contribution in [2.45, 2.75) is 52.5 Å². The van der Waals surface area contributed by atoms with E-state index in [-0.39, 0.29) is 5.82 Å². The Hall–Kier alpha value is -3.11. The third kappa shape index (κ3) is 5.65. The van der Waals surface area contributed by atoms with Crippen molar-refractivity contribution in [2.24, 2.45) is 5.92 Å². The molecule has 0 amide bonds. The number of aromatic nitrogens is 1. The first-order chi connectivity index (χ1) is 17.6. The predicted octanol–water partition coefficient (Wildman–Crippen LogP) is 7.53. The van der Waals surface area contributed by atoms with Crippen LogP contribution in [-0.4, -0.2) is 24.3 Å². The van der Waals surface area contributed by atoms with Gasteiger partial charge in [0.1, 0.15) is 5.75 Å². The van der Waals surface area contributed by atoms with E-state index in [1.807, 2.05) is 49.4 Å². The molecule has 4 heteroatoms. The number of aryl methyl sites for hydroxylation is 1. The predicted molar refractivity (Wildman–Crippen MR) is 147 cm³/mol. The first-order valence-corrected chi connectivity index (χ1v) is 13.4. The molecule has 0 unspecified atom stereocenters. The van der Waals surface area contributed by atoms with Crippen molar-refractivity contribution in [1.82, 2.24) is 9.88 Å². The fraction of sp³-hybridized carbons (Fsp3) is 0.375. The van der Waals surface area contributed by atoms with Crippen molar-refractivity contribution in [2.75, 3.05) is 19.7 Å². The van der Waals surface area contributed by atoms with Gasteiger partial charge in [-0.2, -0.15) is 0 Å². The smallest absolute Gasteiger partial charge is 0.156 e. The summed E-state index contributed by atoms with van der Waals surface area (Å²) in [5, 5.41) is 4.18. The van der Waals surface area contributed by atoms with E-state index in [1.54, 1.807) is 0 Å². The van der Waals surface area contributed by atoms with Crippen LogP contribution in [0.3, 0.4) is 0 Å². The Labute approximate surface area is 214 Å². The Morgan fingerprint density at radius 1 is 1.00 bits per heavy atom. The first kappa shape index (κ1) is 24.6. The Bertz CT molecular complexity index is 1300. The summed E-state index contributed by atoms with van der Waals surface area (Å²) in [5.41, 5.74) is 6.02. The molecule has 1 aromatic heterocycles. The maximum Gasteiger partial charge on any atom is 0.156 e. The van der Waals surface area contributed by atoms with Gasteiger partial charge in [0.2, 0.25) is 0 Å². The first-order valence-electron chi connectivity index (χ1n) is 13.4. The molecule has 5 rings (SSSR count). The SMILES string of the molecule is CCCCOc1ccc2c(c1)c(F)c(-c1ccccc1C)n2Cc1ccc(CCNCC2CC2)cc1. The summed E-state index contributed by atoms with van der Waals surface area (Å²) < 4.78 is 24.1.